The van der Waals surface area contributed by atoms with Crippen molar-refractivity contribution in [2.45, 2.75) is 9.79 Å². The molecule has 1 aliphatic heterocycles. The minimum absolute atomic E-state index is 0.0216. The molecule has 1 aliphatic rings. The lowest BCUT2D eigenvalue weighted by atomic mass is 10.3. The molecule has 3 aromatic rings. The average molecular weight is 439 g/mol. The number of nitrogens with zero attached hydrogens (tertiary/aromatic N) is 1. The Morgan fingerprint density at radius 2 is 1.72 bits per heavy atom. The predicted octanol–water partition coefficient (Wildman–Crippen LogP) is 0.943. The Kier molecular flexibility index (Phi) is 4.94. The fraction of sp³-hybridized carbons (Fsp3) is 0.235. The van der Waals surface area contributed by atoms with Crippen molar-refractivity contribution in [3.63, 3.8) is 0 Å². The van der Waals surface area contributed by atoms with Crippen LogP contribution in [0.3, 0.4) is 0 Å². The normalized spacial score (nSPS) is 16.1. The van der Waals surface area contributed by atoms with E-state index in [1.54, 1.807) is 0 Å². The summed E-state index contributed by atoms with van der Waals surface area (Å²) in [6, 6.07) is 9.51. The molecule has 4 rings (SSSR count). The summed E-state index contributed by atoms with van der Waals surface area (Å²) in [5.41, 5.74) is 0.559. The first-order chi connectivity index (χ1) is 13.8. The van der Waals surface area contributed by atoms with Crippen LogP contribution in [0.25, 0.3) is 11.1 Å². The van der Waals surface area contributed by atoms with Crippen LogP contribution in [0.1, 0.15) is 0 Å². The van der Waals surface area contributed by atoms with E-state index in [1.165, 1.54) is 46.8 Å². The van der Waals surface area contributed by atoms with Gasteiger partial charge in [-0.2, -0.15) is 4.31 Å². The molecule has 0 aliphatic carbocycles. The predicted molar refractivity (Wildman–Crippen MR) is 104 cm³/mol. The molecular weight excluding hydrogens is 422 g/mol. The van der Waals surface area contributed by atoms with E-state index in [9.17, 15) is 21.6 Å². The van der Waals surface area contributed by atoms with Crippen molar-refractivity contribution in [2.75, 3.05) is 31.0 Å². The van der Waals surface area contributed by atoms with E-state index in [4.69, 9.17) is 9.15 Å². The highest BCUT2D eigenvalue weighted by atomic mass is 32.2. The molecule has 10 nitrogen and oxygen atoms in total. The van der Waals surface area contributed by atoms with Gasteiger partial charge in [0, 0.05) is 19.2 Å². The zero-order chi connectivity index (χ0) is 20.6. The number of rotatable bonds is 5. The fourth-order valence-electron chi connectivity index (χ4n) is 2.96. The maximum Gasteiger partial charge on any atom is 0.417 e. The first-order valence-corrected chi connectivity index (χ1v) is 11.5. The van der Waals surface area contributed by atoms with E-state index in [2.05, 4.69) is 9.71 Å². The number of anilines is 1. The van der Waals surface area contributed by atoms with Crippen LogP contribution in [0.15, 0.2) is 61.5 Å². The maximum absolute atomic E-state index is 12.8. The molecular formula is C17H17N3O7S2. The van der Waals surface area contributed by atoms with E-state index >= 15 is 0 Å². The minimum Gasteiger partial charge on any atom is -0.408 e. The first-order valence-electron chi connectivity index (χ1n) is 8.59. The second-order valence-electron chi connectivity index (χ2n) is 6.32. The summed E-state index contributed by atoms with van der Waals surface area (Å²) in [6.45, 7) is 1.09. The molecule has 12 heteroatoms. The van der Waals surface area contributed by atoms with Crippen molar-refractivity contribution in [3.8, 4) is 0 Å². The zero-order valence-corrected chi connectivity index (χ0v) is 16.6. The van der Waals surface area contributed by atoms with Gasteiger partial charge in [-0.3, -0.25) is 9.71 Å². The SMILES string of the molecule is O=c1[nH]c2ccc(S(=O)(=O)Nc3cccc(S(=O)(=O)N4CCOCC4)c3)cc2o1. The summed E-state index contributed by atoms with van der Waals surface area (Å²) in [4.78, 5) is 13.5. The number of sulfonamides is 2. The van der Waals surface area contributed by atoms with Gasteiger partial charge in [-0.15, -0.1) is 0 Å². The molecule has 0 atom stereocenters. The molecule has 0 unspecified atom stereocenters. The summed E-state index contributed by atoms with van der Waals surface area (Å²) in [6.07, 6.45) is 0. The number of hydrogen-bond donors (Lipinski definition) is 2. The molecule has 2 aromatic carbocycles. The van der Waals surface area contributed by atoms with Crippen molar-refractivity contribution in [3.05, 3.63) is 53.0 Å². The number of hydrogen-bond acceptors (Lipinski definition) is 7. The largest absolute Gasteiger partial charge is 0.417 e. The maximum atomic E-state index is 12.8. The number of morpholine rings is 1. The van der Waals surface area contributed by atoms with Gasteiger partial charge in [0.2, 0.25) is 10.0 Å². The number of nitrogens with one attached hydrogen (secondary N) is 2. The third kappa shape index (κ3) is 3.92. The number of fused-ring (bicyclic) bond motifs is 1. The van der Waals surface area contributed by atoms with E-state index < -0.39 is 25.8 Å². The quantitative estimate of drug-likeness (QED) is 0.603. The number of oxazole rings is 1. The lowest BCUT2D eigenvalue weighted by Gasteiger charge is -2.26. The van der Waals surface area contributed by atoms with Crippen molar-refractivity contribution in [2.24, 2.45) is 0 Å². The second-order valence-corrected chi connectivity index (χ2v) is 9.94. The number of ether oxygens (including phenoxy) is 1. The third-order valence-electron chi connectivity index (χ3n) is 4.40. The second kappa shape index (κ2) is 7.30. The molecule has 0 radical (unpaired) electrons. The number of H-pyrrole nitrogens is 1. The molecule has 29 heavy (non-hydrogen) atoms. The standard InChI is InChI=1S/C17H17N3O7S2/c21-17-18-15-5-4-13(11-16(15)27-17)28(22,23)19-12-2-1-3-14(10-12)29(24,25)20-6-8-26-9-7-20/h1-5,10-11,19H,6-9H2,(H,18,21). The van der Waals surface area contributed by atoms with Gasteiger partial charge in [0.1, 0.15) is 0 Å². The Balaban J connectivity index is 1.63. The van der Waals surface area contributed by atoms with Crippen LogP contribution in [0.5, 0.6) is 0 Å². The summed E-state index contributed by atoms with van der Waals surface area (Å²) in [7, 11) is -7.80. The summed E-state index contributed by atoms with van der Waals surface area (Å²) in [5.74, 6) is -0.691. The van der Waals surface area contributed by atoms with Crippen molar-refractivity contribution in [1.82, 2.24) is 9.29 Å². The monoisotopic (exact) mass is 439 g/mol. The molecule has 2 heterocycles. The molecule has 1 saturated heterocycles. The topological polar surface area (TPSA) is 139 Å². The minimum atomic E-state index is -4.04. The van der Waals surface area contributed by atoms with Gasteiger partial charge < -0.3 is 9.15 Å². The number of aromatic amines is 1. The van der Waals surface area contributed by atoms with E-state index in [-0.39, 0.29) is 34.2 Å². The van der Waals surface area contributed by atoms with Gasteiger partial charge >= 0.3 is 5.76 Å². The smallest absolute Gasteiger partial charge is 0.408 e. The molecule has 2 N–H and O–H groups in total. The summed E-state index contributed by atoms with van der Waals surface area (Å²) in [5, 5.41) is 0. The molecule has 1 fully saturated rings. The molecule has 0 spiro atoms. The highest BCUT2D eigenvalue weighted by Crippen LogP contribution is 2.24. The zero-order valence-electron chi connectivity index (χ0n) is 15.0. The van der Waals surface area contributed by atoms with Crippen LogP contribution in [0.4, 0.5) is 5.69 Å². The van der Waals surface area contributed by atoms with Crippen molar-refractivity contribution in [1.29, 1.82) is 0 Å². The van der Waals surface area contributed by atoms with Crippen LogP contribution >= 0.6 is 0 Å². The van der Waals surface area contributed by atoms with Gasteiger partial charge in [-0.05, 0) is 30.3 Å². The van der Waals surface area contributed by atoms with Gasteiger partial charge in [0.25, 0.3) is 10.0 Å². The highest BCUT2D eigenvalue weighted by Gasteiger charge is 2.27. The lowest BCUT2D eigenvalue weighted by Crippen LogP contribution is -2.40. The number of benzene rings is 2. The summed E-state index contributed by atoms with van der Waals surface area (Å²) >= 11 is 0. The fourth-order valence-corrected chi connectivity index (χ4v) is 5.48. The molecule has 154 valence electrons. The van der Waals surface area contributed by atoms with E-state index in [0.717, 1.165) is 0 Å². The van der Waals surface area contributed by atoms with Gasteiger partial charge in [0.05, 0.1) is 34.2 Å². The Hall–Kier alpha value is -2.67. The van der Waals surface area contributed by atoms with Crippen LogP contribution < -0.4 is 10.5 Å². The average Bonchev–Trinajstić information content (AvgIpc) is 3.08. The highest BCUT2D eigenvalue weighted by molar-refractivity contribution is 7.92. The molecule has 0 amide bonds. The van der Waals surface area contributed by atoms with Gasteiger partial charge in [0.15, 0.2) is 5.58 Å². The Labute approximate surface area is 166 Å². The molecule has 0 bridgehead atoms. The van der Waals surface area contributed by atoms with E-state index in [0.29, 0.717) is 18.7 Å². The van der Waals surface area contributed by atoms with E-state index in [1.807, 2.05) is 0 Å². The first kappa shape index (κ1) is 19.6. The van der Waals surface area contributed by atoms with Crippen LogP contribution in [0.2, 0.25) is 0 Å². The van der Waals surface area contributed by atoms with Crippen LogP contribution in [-0.4, -0.2) is 52.4 Å². The van der Waals surface area contributed by atoms with Crippen molar-refractivity contribution < 1.29 is 26.0 Å². The Bertz CT molecular complexity index is 1320. The number of aromatic nitrogens is 1. The molecule has 0 saturated carbocycles. The van der Waals surface area contributed by atoms with Gasteiger partial charge in [-0.25, -0.2) is 21.6 Å². The van der Waals surface area contributed by atoms with Gasteiger partial charge in [-0.1, -0.05) is 6.07 Å². The Morgan fingerprint density at radius 1 is 0.966 bits per heavy atom. The summed E-state index contributed by atoms with van der Waals surface area (Å²) < 4.78 is 64.7. The lowest BCUT2D eigenvalue weighted by molar-refractivity contribution is 0.0730. The molecule has 1 aromatic heterocycles. The van der Waals surface area contributed by atoms with Crippen LogP contribution in [-0.2, 0) is 24.8 Å². The van der Waals surface area contributed by atoms with Crippen molar-refractivity contribution >= 4 is 36.8 Å². The third-order valence-corrected chi connectivity index (χ3v) is 7.67. The Morgan fingerprint density at radius 3 is 2.48 bits per heavy atom. The van der Waals surface area contributed by atoms with Crippen LogP contribution in [0, 0.1) is 0 Å².